The highest BCUT2D eigenvalue weighted by Gasteiger charge is 2.28. The largest absolute Gasteiger partial charge is 0.346 e. The van der Waals surface area contributed by atoms with Crippen molar-refractivity contribution in [1.82, 2.24) is 14.7 Å². The SMILES string of the molecule is O=C(NCc1cn2cc(Cl)ccc2n1)c1cccc(N2CCCS2(=O)=O)c1. The number of benzene rings is 1. The van der Waals surface area contributed by atoms with Crippen molar-refractivity contribution in [2.45, 2.75) is 13.0 Å². The summed E-state index contributed by atoms with van der Waals surface area (Å²) >= 11 is 5.96. The molecule has 0 unspecified atom stereocenters. The first-order chi connectivity index (χ1) is 12.9. The van der Waals surface area contributed by atoms with E-state index < -0.39 is 10.0 Å². The highest BCUT2D eigenvalue weighted by atomic mass is 35.5. The number of imidazole rings is 1. The van der Waals surface area contributed by atoms with Crippen LogP contribution in [0.3, 0.4) is 0 Å². The van der Waals surface area contributed by atoms with Crippen molar-refractivity contribution in [2.75, 3.05) is 16.6 Å². The topological polar surface area (TPSA) is 83.8 Å². The van der Waals surface area contributed by atoms with Gasteiger partial charge in [-0.15, -0.1) is 0 Å². The summed E-state index contributed by atoms with van der Waals surface area (Å²) in [5.74, 6) is -0.148. The Morgan fingerprint density at radius 1 is 1.22 bits per heavy atom. The highest BCUT2D eigenvalue weighted by Crippen LogP contribution is 2.24. The smallest absolute Gasteiger partial charge is 0.251 e. The quantitative estimate of drug-likeness (QED) is 0.724. The number of hydrogen-bond donors (Lipinski definition) is 1. The van der Waals surface area contributed by atoms with Crippen LogP contribution in [0.2, 0.25) is 5.02 Å². The molecule has 0 saturated carbocycles. The molecule has 9 heteroatoms. The Labute approximate surface area is 161 Å². The van der Waals surface area contributed by atoms with Crippen LogP contribution in [-0.2, 0) is 16.6 Å². The molecule has 1 aromatic carbocycles. The summed E-state index contributed by atoms with van der Waals surface area (Å²) in [5.41, 5.74) is 2.36. The lowest BCUT2D eigenvalue weighted by atomic mass is 10.2. The van der Waals surface area contributed by atoms with Gasteiger partial charge in [-0.1, -0.05) is 17.7 Å². The molecule has 1 N–H and O–H groups in total. The van der Waals surface area contributed by atoms with Crippen molar-refractivity contribution in [3.05, 3.63) is 65.1 Å². The van der Waals surface area contributed by atoms with E-state index in [0.29, 0.717) is 34.9 Å². The van der Waals surface area contributed by atoms with Crippen LogP contribution in [-0.4, -0.2) is 36.0 Å². The van der Waals surface area contributed by atoms with Crippen molar-refractivity contribution >= 4 is 38.9 Å². The molecule has 2 aromatic heterocycles. The van der Waals surface area contributed by atoms with Crippen LogP contribution < -0.4 is 9.62 Å². The molecule has 0 spiro atoms. The molecule has 1 amide bonds. The first kappa shape index (κ1) is 17.8. The predicted octanol–water partition coefficient (Wildman–Crippen LogP) is 2.46. The molecule has 1 fully saturated rings. The average molecular weight is 405 g/mol. The van der Waals surface area contributed by atoms with Gasteiger partial charge in [0.1, 0.15) is 5.65 Å². The molecule has 3 heterocycles. The van der Waals surface area contributed by atoms with Crippen molar-refractivity contribution in [2.24, 2.45) is 0 Å². The third kappa shape index (κ3) is 3.63. The van der Waals surface area contributed by atoms with E-state index in [0.717, 1.165) is 5.65 Å². The van der Waals surface area contributed by atoms with Crippen LogP contribution in [0.5, 0.6) is 0 Å². The Kier molecular flexibility index (Phi) is 4.53. The van der Waals surface area contributed by atoms with Gasteiger partial charge in [0.2, 0.25) is 10.0 Å². The first-order valence-electron chi connectivity index (χ1n) is 8.44. The van der Waals surface area contributed by atoms with Crippen LogP contribution in [0.15, 0.2) is 48.8 Å². The maximum Gasteiger partial charge on any atom is 0.251 e. The van der Waals surface area contributed by atoms with E-state index in [-0.39, 0.29) is 18.2 Å². The summed E-state index contributed by atoms with van der Waals surface area (Å²) < 4.78 is 27.3. The summed E-state index contributed by atoms with van der Waals surface area (Å²) in [6.45, 7) is 0.696. The first-order valence-corrected chi connectivity index (χ1v) is 10.4. The zero-order chi connectivity index (χ0) is 19.0. The number of carbonyl (C=O) groups excluding carboxylic acids is 1. The summed E-state index contributed by atoms with van der Waals surface area (Å²) in [4.78, 5) is 16.9. The van der Waals surface area contributed by atoms with E-state index in [4.69, 9.17) is 11.6 Å². The number of nitrogens with one attached hydrogen (secondary N) is 1. The highest BCUT2D eigenvalue weighted by molar-refractivity contribution is 7.93. The summed E-state index contributed by atoms with van der Waals surface area (Å²) in [6, 6.07) is 10.2. The van der Waals surface area contributed by atoms with Crippen molar-refractivity contribution in [1.29, 1.82) is 0 Å². The summed E-state index contributed by atoms with van der Waals surface area (Å²) in [5, 5.41) is 3.41. The number of aromatic nitrogens is 2. The molecule has 1 aliphatic heterocycles. The Bertz CT molecular complexity index is 1130. The zero-order valence-electron chi connectivity index (χ0n) is 14.3. The van der Waals surface area contributed by atoms with Gasteiger partial charge in [-0.25, -0.2) is 13.4 Å². The molecule has 27 heavy (non-hydrogen) atoms. The fourth-order valence-electron chi connectivity index (χ4n) is 3.11. The van der Waals surface area contributed by atoms with Gasteiger partial charge >= 0.3 is 0 Å². The van der Waals surface area contributed by atoms with Crippen LogP contribution in [0.25, 0.3) is 5.65 Å². The number of hydrogen-bond acceptors (Lipinski definition) is 4. The molecule has 0 aliphatic carbocycles. The minimum absolute atomic E-state index is 0.140. The second-order valence-electron chi connectivity index (χ2n) is 6.32. The number of pyridine rings is 1. The van der Waals surface area contributed by atoms with Gasteiger partial charge in [0, 0.05) is 24.5 Å². The third-order valence-corrected chi connectivity index (χ3v) is 6.48. The van der Waals surface area contributed by atoms with Crippen LogP contribution in [0.1, 0.15) is 22.5 Å². The minimum atomic E-state index is -3.28. The fraction of sp³-hybridized carbons (Fsp3) is 0.222. The number of fused-ring (bicyclic) bond motifs is 1. The van der Waals surface area contributed by atoms with Crippen LogP contribution in [0.4, 0.5) is 5.69 Å². The van der Waals surface area contributed by atoms with Gasteiger partial charge in [-0.2, -0.15) is 0 Å². The summed E-state index contributed by atoms with van der Waals surface area (Å²) in [6.07, 6.45) is 4.14. The maximum absolute atomic E-state index is 12.5. The van der Waals surface area contributed by atoms with E-state index >= 15 is 0 Å². The van der Waals surface area contributed by atoms with Gasteiger partial charge < -0.3 is 9.72 Å². The Hall–Kier alpha value is -2.58. The molecule has 0 radical (unpaired) electrons. The normalized spacial score (nSPS) is 16.0. The molecule has 0 atom stereocenters. The minimum Gasteiger partial charge on any atom is -0.346 e. The van der Waals surface area contributed by atoms with Crippen molar-refractivity contribution < 1.29 is 13.2 Å². The second-order valence-corrected chi connectivity index (χ2v) is 8.77. The number of sulfonamides is 1. The van der Waals surface area contributed by atoms with Gasteiger partial charge in [-0.3, -0.25) is 9.10 Å². The molecular weight excluding hydrogens is 388 g/mol. The lowest BCUT2D eigenvalue weighted by molar-refractivity contribution is 0.0950. The van der Waals surface area contributed by atoms with Crippen LogP contribution in [0, 0.1) is 0 Å². The number of nitrogens with zero attached hydrogens (tertiary/aromatic N) is 3. The molecule has 7 nitrogen and oxygen atoms in total. The lowest BCUT2D eigenvalue weighted by Crippen LogP contribution is -2.26. The molecule has 140 valence electrons. The Balaban J connectivity index is 1.48. The van der Waals surface area contributed by atoms with Gasteiger partial charge in [0.05, 0.1) is 28.7 Å². The van der Waals surface area contributed by atoms with E-state index in [1.165, 1.54) is 4.31 Å². The second kappa shape index (κ2) is 6.86. The average Bonchev–Trinajstić information content (AvgIpc) is 3.21. The molecule has 1 saturated heterocycles. The van der Waals surface area contributed by atoms with E-state index in [1.54, 1.807) is 53.2 Å². The third-order valence-electron chi connectivity index (χ3n) is 4.39. The standard InChI is InChI=1S/C18H17ClN4O3S/c19-14-5-6-17-21-15(12-22(17)11-14)10-20-18(24)13-3-1-4-16(9-13)23-7-2-8-27(23,25)26/h1,3-6,9,11-12H,2,7-8,10H2,(H,20,24). The van der Waals surface area contributed by atoms with E-state index in [2.05, 4.69) is 10.3 Å². The number of carbonyl (C=O) groups is 1. The van der Waals surface area contributed by atoms with E-state index in [1.807, 2.05) is 0 Å². The number of halogens is 1. The zero-order valence-corrected chi connectivity index (χ0v) is 15.9. The Morgan fingerprint density at radius 2 is 2.07 bits per heavy atom. The number of rotatable bonds is 4. The summed E-state index contributed by atoms with van der Waals surface area (Å²) in [7, 11) is -3.28. The molecule has 1 aliphatic rings. The molecular formula is C18H17ClN4O3S. The fourth-order valence-corrected chi connectivity index (χ4v) is 4.83. The van der Waals surface area contributed by atoms with Gasteiger partial charge in [0.25, 0.3) is 5.91 Å². The maximum atomic E-state index is 12.5. The molecule has 3 aromatic rings. The molecule has 4 rings (SSSR count). The number of anilines is 1. The van der Waals surface area contributed by atoms with Crippen LogP contribution >= 0.6 is 11.6 Å². The van der Waals surface area contributed by atoms with Crippen molar-refractivity contribution in [3.63, 3.8) is 0 Å². The van der Waals surface area contributed by atoms with Crippen molar-refractivity contribution in [3.8, 4) is 0 Å². The van der Waals surface area contributed by atoms with E-state index in [9.17, 15) is 13.2 Å². The monoisotopic (exact) mass is 404 g/mol. The van der Waals surface area contributed by atoms with Gasteiger partial charge in [0.15, 0.2) is 0 Å². The van der Waals surface area contributed by atoms with Gasteiger partial charge in [-0.05, 0) is 36.8 Å². The predicted molar refractivity (Wildman–Crippen MR) is 104 cm³/mol. The lowest BCUT2D eigenvalue weighted by Gasteiger charge is -2.17. The number of amides is 1. The molecule has 0 bridgehead atoms. The Morgan fingerprint density at radius 3 is 2.85 bits per heavy atom.